The number of aromatic nitrogens is 1. The molecule has 0 saturated heterocycles. The van der Waals surface area contributed by atoms with Crippen LogP contribution in [0.25, 0.3) is 0 Å². The number of aliphatic hydroxyl groups excluding tert-OH is 1. The topological polar surface area (TPSA) is 53.4 Å². The molecule has 0 aliphatic carbocycles. The lowest BCUT2D eigenvalue weighted by Gasteiger charge is -2.18. The van der Waals surface area contributed by atoms with Gasteiger partial charge in [-0.15, -0.1) is 11.3 Å². The summed E-state index contributed by atoms with van der Waals surface area (Å²) in [5.41, 5.74) is 2.54. The smallest absolute Gasteiger partial charge is 0.265 e. The van der Waals surface area contributed by atoms with Crippen molar-refractivity contribution in [1.82, 2.24) is 9.88 Å². The van der Waals surface area contributed by atoms with Crippen LogP contribution in [-0.4, -0.2) is 40.6 Å². The van der Waals surface area contributed by atoms with Crippen molar-refractivity contribution in [3.8, 4) is 0 Å². The molecule has 0 aromatic carbocycles. The molecule has 4 nitrogen and oxygen atoms in total. The molecule has 0 aliphatic rings. The second-order valence-corrected chi connectivity index (χ2v) is 3.94. The third-order valence-electron chi connectivity index (χ3n) is 2.21. The van der Waals surface area contributed by atoms with E-state index in [-0.39, 0.29) is 12.5 Å². The minimum atomic E-state index is -0.0223. The van der Waals surface area contributed by atoms with Gasteiger partial charge >= 0.3 is 0 Å². The van der Waals surface area contributed by atoms with Gasteiger partial charge in [-0.25, -0.2) is 4.98 Å². The van der Waals surface area contributed by atoms with Crippen LogP contribution in [0.4, 0.5) is 0 Å². The van der Waals surface area contributed by atoms with Crippen LogP contribution in [0.5, 0.6) is 0 Å². The van der Waals surface area contributed by atoms with E-state index in [2.05, 4.69) is 4.98 Å². The molecule has 0 bridgehead atoms. The number of amides is 1. The van der Waals surface area contributed by atoms with Gasteiger partial charge in [0.05, 0.1) is 17.8 Å². The maximum absolute atomic E-state index is 12.0. The Labute approximate surface area is 93.6 Å². The largest absolute Gasteiger partial charge is 0.395 e. The van der Waals surface area contributed by atoms with Gasteiger partial charge in [0.2, 0.25) is 0 Å². The van der Waals surface area contributed by atoms with Crippen LogP contribution in [0, 0.1) is 0 Å². The molecule has 0 atom stereocenters. The highest BCUT2D eigenvalue weighted by molar-refractivity contribution is 7.11. The first-order valence-corrected chi connectivity index (χ1v) is 5.95. The summed E-state index contributed by atoms with van der Waals surface area (Å²) < 4.78 is 0. The Balaban J connectivity index is 2.82. The van der Waals surface area contributed by atoms with E-state index in [4.69, 9.17) is 5.11 Å². The number of likely N-dealkylation sites (N-methyl/N-ethyl adjacent to an activating group) is 1. The monoisotopic (exact) mass is 228 g/mol. The predicted molar refractivity (Wildman–Crippen MR) is 60.2 cm³/mol. The van der Waals surface area contributed by atoms with Gasteiger partial charge in [0, 0.05) is 13.1 Å². The summed E-state index contributed by atoms with van der Waals surface area (Å²) in [4.78, 5) is 18.5. The van der Waals surface area contributed by atoms with Crippen molar-refractivity contribution in [1.29, 1.82) is 0 Å². The molecule has 0 unspecified atom stereocenters. The number of hydrogen-bond acceptors (Lipinski definition) is 4. The first-order valence-electron chi connectivity index (χ1n) is 5.07. The van der Waals surface area contributed by atoms with Crippen LogP contribution in [0.3, 0.4) is 0 Å². The second-order valence-electron chi connectivity index (χ2n) is 3.09. The molecule has 1 aromatic heterocycles. The first kappa shape index (κ1) is 12.1. The van der Waals surface area contributed by atoms with Crippen LogP contribution in [0.1, 0.15) is 29.2 Å². The van der Waals surface area contributed by atoms with Crippen LogP contribution in [-0.2, 0) is 6.42 Å². The fraction of sp³-hybridized carbons (Fsp3) is 0.600. The van der Waals surface area contributed by atoms with E-state index in [9.17, 15) is 4.79 Å². The van der Waals surface area contributed by atoms with Gasteiger partial charge in [-0.1, -0.05) is 6.92 Å². The van der Waals surface area contributed by atoms with Crippen LogP contribution < -0.4 is 0 Å². The lowest BCUT2D eigenvalue weighted by Crippen LogP contribution is -2.33. The van der Waals surface area contributed by atoms with Gasteiger partial charge < -0.3 is 10.0 Å². The SMILES string of the molecule is CCc1ncsc1C(=O)N(CC)CCO. The normalized spacial score (nSPS) is 10.3. The minimum Gasteiger partial charge on any atom is -0.395 e. The maximum Gasteiger partial charge on any atom is 0.265 e. The highest BCUT2D eigenvalue weighted by atomic mass is 32.1. The number of aliphatic hydroxyl groups is 1. The van der Waals surface area contributed by atoms with E-state index in [1.54, 1.807) is 10.4 Å². The Morgan fingerprint density at radius 3 is 2.87 bits per heavy atom. The number of nitrogens with zero attached hydrogens (tertiary/aromatic N) is 2. The fourth-order valence-electron chi connectivity index (χ4n) is 1.36. The number of carbonyl (C=O) groups is 1. The number of aryl methyl sites for hydroxylation is 1. The van der Waals surface area contributed by atoms with Gasteiger partial charge in [0.15, 0.2) is 0 Å². The summed E-state index contributed by atoms with van der Waals surface area (Å²) >= 11 is 1.37. The molecule has 1 amide bonds. The molecule has 5 heteroatoms. The molecule has 0 aliphatic heterocycles. The Morgan fingerprint density at radius 2 is 2.33 bits per heavy atom. The summed E-state index contributed by atoms with van der Waals surface area (Å²) in [5, 5.41) is 8.83. The second kappa shape index (κ2) is 5.82. The number of thiazole rings is 1. The molecule has 0 fully saturated rings. The van der Waals surface area contributed by atoms with Crippen molar-refractivity contribution < 1.29 is 9.90 Å². The molecule has 1 rings (SSSR count). The minimum absolute atomic E-state index is 0.000157. The lowest BCUT2D eigenvalue weighted by atomic mass is 10.2. The van der Waals surface area contributed by atoms with E-state index in [1.807, 2.05) is 13.8 Å². The summed E-state index contributed by atoms with van der Waals surface area (Å²) in [6.07, 6.45) is 0.765. The fourth-order valence-corrected chi connectivity index (χ4v) is 2.21. The van der Waals surface area contributed by atoms with Gasteiger partial charge in [-0.3, -0.25) is 4.79 Å². The lowest BCUT2D eigenvalue weighted by molar-refractivity contribution is 0.0735. The summed E-state index contributed by atoms with van der Waals surface area (Å²) in [6, 6.07) is 0. The molecule has 1 heterocycles. The summed E-state index contributed by atoms with van der Waals surface area (Å²) in [6.45, 7) is 4.88. The van der Waals surface area contributed by atoms with E-state index in [0.29, 0.717) is 18.0 Å². The Bertz CT molecular complexity index is 325. The van der Waals surface area contributed by atoms with Crippen molar-refractivity contribution in [2.75, 3.05) is 19.7 Å². The number of hydrogen-bond donors (Lipinski definition) is 1. The first-order chi connectivity index (χ1) is 7.24. The van der Waals surface area contributed by atoms with E-state index < -0.39 is 0 Å². The zero-order valence-corrected chi connectivity index (χ0v) is 9.88. The molecular formula is C10H16N2O2S. The molecule has 15 heavy (non-hydrogen) atoms. The summed E-state index contributed by atoms with van der Waals surface area (Å²) in [7, 11) is 0. The third kappa shape index (κ3) is 2.76. The van der Waals surface area contributed by atoms with Crippen molar-refractivity contribution in [2.45, 2.75) is 20.3 Å². The van der Waals surface area contributed by atoms with Gasteiger partial charge in [0.25, 0.3) is 5.91 Å². The average Bonchev–Trinajstić information content (AvgIpc) is 2.72. The number of rotatable bonds is 5. The van der Waals surface area contributed by atoms with E-state index in [1.165, 1.54) is 11.3 Å². The number of carbonyl (C=O) groups excluding carboxylic acids is 1. The molecule has 1 N–H and O–H groups in total. The standard InChI is InChI=1S/C10H16N2O2S/c1-3-8-9(15-7-11-8)10(14)12(4-2)5-6-13/h7,13H,3-6H2,1-2H3. The third-order valence-corrected chi connectivity index (χ3v) is 3.07. The molecule has 84 valence electrons. The van der Waals surface area contributed by atoms with Crippen molar-refractivity contribution in [2.24, 2.45) is 0 Å². The summed E-state index contributed by atoms with van der Waals surface area (Å²) in [5.74, 6) is -0.0223. The predicted octanol–water partition coefficient (Wildman–Crippen LogP) is 1.16. The molecule has 0 spiro atoms. The van der Waals surface area contributed by atoms with E-state index in [0.717, 1.165) is 12.1 Å². The molecule has 0 radical (unpaired) electrons. The highest BCUT2D eigenvalue weighted by Crippen LogP contribution is 2.16. The quantitative estimate of drug-likeness (QED) is 0.822. The Morgan fingerprint density at radius 1 is 1.60 bits per heavy atom. The van der Waals surface area contributed by atoms with Crippen molar-refractivity contribution >= 4 is 17.2 Å². The van der Waals surface area contributed by atoms with Crippen molar-refractivity contribution in [3.05, 3.63) is 16.1 Å². The van der Waals surface area contributed by atoms with Gasteiger partial charge in [-0.2, -0.15) is 0 Å². The zero-order chi connectivity index (χ0) is 11.3. The van der Waals surface area contributed by atoms with Crippen LogP contribution in [0.2, 0.25) is 0 Å². The molecular weight excluding hydrogens is 212 g/mol. The Hall–Kier alpha value is -0.940. The average molecular weight is 228 g/mol. The van der Waals surface area contributed by atoms with Crippen LogP contribution in [0.15, 0.2) is 5.51 Å². The zero-order valence-electron chi connectivity index (χ0n) is 9.06. The maximum atomic E-state index is 12.0. The van der Waals surface area contributed by atoms with Crippen LogP contribution >= 0.6 is 11.3 Å². The van der Waals surface area contributed by atoms with Gasteiger partial charge in [-0.05, 0) is 13.3 Å². The Kier molecular flexibility index (Phi) is 4.71. The van der Waals surface area contributed by atoms with Gasteiger partial charge in [0.1, 0.15) is 4.88 Å². The molecule has 1 aromatic rings. The van der Waals surface area contributed by atoms with E-state index >= 15 is 0 Å². The molecule has 0 saturated carbocycles. The van der Waals surface area contributed by atoms with Crippen molar-refractivity contribution in [3.63, 3.8) is 0 Å². The highest BCUT2D eigenvalue weighted by Gasteiger charge is 2.18.